The molecule has 2 aromatic heterocycles. The standard InChI is InChI=1S/C22H13ClF2N4O/c23-16-7-3-1-5-14(16)12-28-21(30)15-6-2-4-8-19(15)29-20(26-27-22(28)29)13-9-10-17(24)18(25)11-13/h1-11H,12H2. The predicted molar refractivity (Wildman–Crippen MR) is 111 cm³/mol. The van der Waals surface area contributed by atoms with E-state index < -0.39 is 11.6 Å². The van der Waals surface area contributed by atoms with E-state index >= 15 is 0 Å². The van der Waals surface area contributed by atoms with Gasteiger partial charge in [-0.3, -0.25) is 13.8 Å². The molecule has 0 unspecified atom stereocenters. The summed E-state index contributed by atoms with van der Waals surface area (Å²) >= 11 is 6.29. The minimum absolute atomic E-state index is 0.183. The van der Waals surface area contributed by atoms with Gasteiger partial charge in [-0.05, 0) is 42.0 Å². The van der Waals surface area contributed by atoms with Gasteiger partial charge in [-0.25, -0.2) is 8.78 Å². The van der Waals surface area contributed by atoms with Gasteiger partial charge in [-0.15, -0.1) is 10.2 Å². The van der Waals surface area contributed by atoms with Crippen molar-refractivity contribution < 1.29 is 8.78 Å². The van der Waals surface area contributed by atoms with Crippen LogP contribution in [-0.2, 0) is 6.54 Å². The lowest BCUT2D eigenvalue weighted by atomic mass is 10.2. The molecule has 0 saturated heterocycles. The first-order chi connectivity index (χ1) is 14.5. The van der Waals surface area contributed by atoms with Gasteiger partial charge in [0.05, 0.1) is 17.4 Å². The van der Waals surface area contributed by atoms with Crippen molar-refractivity contribution in [3.8, 4) is 11.4 Å². The van der Waals surface area contributed by atoms with Gasteiger partial charge in [-0.2, -0.15) is 0 Å². The lowest BCUT2D eigenvalue weighted by molar-refractivity contribution is 0.509. The number of benzene rings is 3. The molecule has 0 amide bonds. The smallest absolute Gasteiger partial charge is 0.263 e. The van der Waals surface area contributed by atoms with Gasteiger partial charge in [0.1, 0.15) is 0 Å². The molecular weight excluding hydrogens is 410 g/mol. The fraction of sp³-hybridized carbons (Fsp3) is 0.0455. The normalized spacial score (nSPS) is 11.4. The lowest BCUT2D eigenvalue weighted by Crippen LogP contribution is -2.24. The fourth-order valence-corrected chi connectivity index (χ4v) is 3.72. The van der Waals surface area contributed by atoms with Crippen molar-refractivity contribution in [3.05, 3.63) is 99.3 Å². The molecule has 0 spiro atoms. The molecule has 0 atom stereocenters. The number of aromatic nitrogens is 4. The summed E-state index contributed by atoms with van der Waals surface area (Å²) < 4.78 is 30.4. The molecule has 148 valence electrons. The topological polar surface area (TPSA) is 52.2 Å². The van der Waals surface area contributed by atoms with Crippen molar-refractivity contribution in [1.29, 1.82) is 0 Å². The maximum atomic E-state index is 13.9. The quantitative estimate of drug-likeness (QED) is 0.424. The van der Waals surface area contributed by atoms with Crippen LogP contribution in [0.15, 0.2) is 71.5 Å². The third-order valence-electron chi connectivity index (χ3n) is 4.97. The zero-order valence-electron chi connectivity index (χ0n) is 15.4. The van der Waals surface area contributed by atoms with E-state index in [1.54, 1.807) is 34.7 Å². The van der Waals surface area contributed by atoms with E-state index in [1.165, 1.54) is 10.6 Å². The average Bonchev–Trinajstić information content (AvgIpc) is 3.19. The second-order valence-electron chi connectivity index (χ2n) is 6.79. The van der Waals surface area contributed by atoms with E-state index in [9.17, 15) is 13.6 Å². The molecule has 0 N–H and O–H groups in total. The molecule has 2 heterocycles. The number of hydrogen-bond donors (Lipinski definition) is 0. The van der Waals surface area contributed by atoms with E-state index in [1.807, 2.05) is 18.2 Å². The number of para-hydroxylation sites is 1. The summed E-state index contributed by atoms with van der Waals surface area (Å²) in [7, 11) is 0. The molecule has 0 bridgehead atoms. The summed E-state index contributed by atoms with van der Waals surface area (Å²) in [4.78, 5) is 13.2. The third kappa shape index (κ3) is 2.86. The first kappa shape index (κ1) is 18.4. The van der Waals surface area contributed by atoms with E-state index in [4.69, 9.17) is 11.6 Å². The summed E-state index contributed by atoms with van der Waals surface area (Å²) in [6, 6.07) is 17.7. The first-order valence-electron chi connectivity index (χ1n) is 9.10. The van der Waals surface area contributed by atoms with Crippen LogP contribution in [0.5, 0.6) is 0 Å². The second kappa shape index (κ2) is 7.03. The molecule has 0 radical (unpaired) electrons. The summed E-state index contributed by atoms with van der Waals surface area (Å²) in [6.45, 7) is 0.183. The average molecular weight is 423 g/mol. The Hall–Kier alpha value is -3.58. The van der Waals surface area contributed by atoms with Crippen LogP contribution in [0.2, 0.25) is 5.02 Å². The summed E-state index contributed by atoms with van der Waals surface area (Å²) in [5.74, 6) is -1.36. The Labute approximate surface area is 173 Å². The molecule has 0 aliphatic heterocycles. The molecule has 5 rings (SSSR count). The largest absolute Gasteiger partial charge is 0.272 e. The minimum Gasteiger partial charge on any atom is -0.272 e. The van der Waals surface area contributed by atoms with Crippen molar-refractivity contribution in [1.82, 2.24) is 19.2 Å². The van der Waals surface area contributed by atoms with Gasteiger partial charge in [0.15, 0.2) is 17.5 Å². The highest BCUT2D eigenvalue weighted by Crippen LogP contribution is 2.25. The van der Waals surface area contributed by atoms with Gasteiger partial charge < -0.3 is 0 Å². The van der Waals surface area contributed by atoms with Crippen LogP contribution in [0, 0.1) is 11.6 Å². The highest BCUT2D eigenvalue weighted by Gasteiger charge is 2.19. The van der Waals surface area contributed by atoms with Crippen LogP contribution >= 0.6 is 11.6 Å². The van der Waals surface area contributed by atoms with Crippen molar-refractivity contribution in [2.45, 2.75) is 6.54 Å². The number of nitrogens with zero attached hydrogens (tertiary/aromatic N) is 4. The Bertz CT molecular complexity index is 1490. The second-order valence-corrected chi connectivity index (χ2v) is 7.19. The first-order valence-corrected chi connectivity index (χ1v) is 9.48. The van der Waals surface area contributed by atoms with Crippen LogP contribution in [0.25, 0.3) is 28.1 Å². The van der Waals surface area contributed by atoms with Gasteiger partial charge in [0.2, 0.25) is 5.78 Å². The number of rotatable bonds is 3. The molecule has 5 aromatic rings. The molecule has 0 aliphatic rings. The van der Waals surface area contributed by atoms with Crippen molar-refractivity contribution in [2.75, 3.05) is 0 Å². The Kier molecular flexibility index (Phi) is 4.33. The Morgan fingerprint density at radius 2 is 1.67 bits per heavy atom. The molecule has 0 aliphatic carbocycles. The van der Waals surface area contributed by atoms with Crippen LogP contribution < -0.4 is 5.56 Å². The highest BCUT2D eigenvalue weighted by molar-refractivity contribution is 6.31. The van der Waals surface area contributed by atoms with Crippen LogP contribution in [0.3, 0.4) is 0 Å². The van der Waals surface area contributed by atoms with E-state index in [2.05, 4.69) is 10.2 Å². The molecule has 0 fully saturated rings. The summed E-state index contributed by atoms with van der Waals surface area (Å²) in [5.41, 5.74) is 1.41. The Balaban J connectivity index is 1.84. The maximum absolute atomic E-state index is 13.9. The summed E-state index contributed by atoms with van der Waals surface area (Å²) in [6.07, 6.45) is 0. The van der Waals surface area contributed by atoms with E-state index in [-0.39, 0.29) is 17.9 Å². The molecule has 8 heteroatoms. The van der Waals surface area contributed by atoms with E-state index in [0.29, 0.717) is 27.3 Å². The van der Waals surface area contributed by atoms with Crippen molar-refractivity contribution in [2.24, 2.45) is 0 Å². The van der Waals surface area contributed by atoms with Crippen LogP contribution in [-0.4, -0.2) is 19.2 Å². The molecule has 0 saturated carbocycles. The Morgan fingerprint density at radius 3 is 2.47 bits per heavy atom. The van der Waals surface area contributed by atoms with Gasteiger partial charge in [0, 0.05) is 10.6 Å². The van der Waals surface area contributed by atoms with Crippen molar-refractivity contribution >= 4 is 28.3 Å². The van der Waals surface area contributed by atoms with Gasteiger partial charge in [0.25, 0.3) is 5.56 Å². The molecular formula is C22H13ClF2N4O. The van der Waals surface area contributed by atoms with Crippen LogP contribution in [0.4, 0.5) is 8.78 Å². The van der Waals surface area contributed by atoms with Crippen molar-refractivity contribution in [3.63, 3.8) is 0 Å². The molecule has 5 nitrogen and oxygen atoms in total. The monoisotopic (exact) mass is 422 g/mol. The minimum atomic E-state index is -0.988. The number of hydrogen-bond acceptors (Lipinski definition) is 3. The number of halogens is 3. The number of fused-ring (bicyclic) bond motifs is 3. The van der Waals surface area contributed by atoms with Gasteiger partial charge >= 0.3 is 0 Å². The van der Waals surface area contributed by atoms with Gasteiger partial charge in [-0.1, -0.05) is 41.9 Å². The molecule has 3 aromatic carbocycles. The SMILES string of the molecule is O=c1c2ccccc2n2c(-c3ccc(F)c(F)c3)nnc2n1Cc1ccccc1Cl. The zero-order valence-corrected chi connectivity index (χ0v) is 16.1. The third-order valence-corrected chi connectivity index (χ3v) is 5.34. The van der Waals surface area contributed by atoms with Crippen LogP contribution in [0.1, 0.15) is 5.56 Å². The van der Waals surface area contributed by atoms with E-state index in [0.717, 1.165) is 17.7 Å². The fourth-order valence-electron chi connectivity index (χ4n) is 3.52. The Morgan fingerprint density at radius 1 is 0.900 bits per heavy atom. The summed E-state index contributed by atoms with van der Waals surface area (Å²) in [5, 5.41) is 9.35. The maximum Gasteiger partial charge on any atom is 0.263 e. The zero-order chi connectivity index (χ0) is 20.8. The highest BCUT2D eigenvalue weighted by atomic mass is 35.5. The predicted octanol–water partition coefficient (Wildman–Crippen LogP) is 4.69. The molecule has 30 heavy (non-hydrogen) atoms. The lowest BCUT2D eigenvalue weighted by Gasteiger charge is -2.12.